The molecular formula is C28H20F6N4O3S. The highest BCUT2D eigenvalue weighted by Crippen LogP contribution is 2.39. The minimum atomic E-state index is -5.12. The molecule has 218 valence electrons. The molecule has 4 aromatic rings. The average Bonchev–Trinajstić information content (AvgIpc) is 2.94. The summed E-state index contributed by atoms with van der Waals surface area (Å²) in [5.41, 5.74) is 0.145. The van der Waals surface area contributed by atoms with Crippen LogP contribution in [0.4, 0.5) is 32.2 Å². The largest absolute Gasteiger partial charge is 0.451 e. The molecule has 0 unspecified atom stereocenters. The van der Waals surface area contributed by atoms with Gasteiger partial charge < -0.3 is 0 Å². The van der Waals surface area contributed by atoms with Crippen LogP contribution in [0.3, 0.4) is 0 Å². The molecule has 0 aliphatic rings. The molecule has 1 heterocycles. The molecule has 4 rings (SSSR count). The van der Waals surface area contributed by atoms with Crippen LogP contribution in [-0.2, 0) is 16.0 Å². The number of rotatable bonds is 8. The topological polar surface area (TPSA) is 101 Å². The highest BCUT2D eigenvalue weighted by molar-refractivity contribution is 7.90. The van der Waals surface area contributed by atoms with Gasteiger partial charge in [-0.2, -0.15) is 31.4 Å². The molecule has 0 bridgehead atoms. The number of hydrogen-bond acceptors (Lipinski definition) is 7. The summed E-state index contributed by atoms with van der Waals surface area (Å²) in [6.07, 6.45) is -10.5. The third-order valence-electron chi connectivity index (χ3n) is 5.83. The Morgan fingerprint density at radius 2 is 1.38 bits per heavy atom. The SMILES string of the molecule is CS(=O)(=O)c1ccc(-c2nc(C(F)(F)F)nc(N/N=C(/CC(=O)c3ccccc3)C(F)(F)F)c2-c2ccccc2)cc1. The minimum absolute atomic E-state index is 0.0133. The van der Waals surface area contributed by atoms with Crippen molar-refractivity contribution in [1.82, 2.24) is 9.97 Å². The Balaban J connectivity index is 1.90. The van der Waals surface area contributed by atoms with E-state index in [-0.39, 0.29) is 32.8 Å². The van der Waals surface area contributed by atoms with Gasteiger partial charge in [0.2, 0.25) is 5.82 Å². The van der Waals surface area contributed by atoms with Gasteiger partial charge in [-0.25, -0.2) is 18.4 Å². The maximum absolute atomic E-state index is 13.9. The van der Waals surface area contributed by atoms with Gasteiger partial charge in [0.25, 0.3) is 0 Å². The lowest BCUT2D eigenvalue weighted by molar-refractivity contribution is -0.144. The fourth-order valence-electron chi connectivity index (χ4n) is 3.82. The third-order valence-corrected chi connectivity index (χ3v) is 6.96. The summed E-state index contributed by atoms with van der Waals surface area (Å²) in [6, 6.07) is 19.5. The summed E-state index contributed by atoms with van der Waals surface area (Å²) in [5.74, 6) is -3.32. The second-order valence-corrected chi connectivity index (χ2v) is 10.9. The van der Waals surface area contributed by atoms with E-state index in [0.29, 0.717) is 0 Å². The van der Waals surface area contributed by atoms with E-state index in [4.69, 9.17) is 0 Å². The number of anilines is 1. The molecule has 1 N–H and O–H groups in total. The molecule has 14 heteroatoms. The number of hydrogen-bond donors (Lipinski definition) is 1. The molecule has 3 aromatic carbocycles. The monoisotopic (exact) mass is 606 g/mol. The Bertz CT molecular complexity index is 1720. The number of sulfone groups is 1. The summed E-state index contributed by atoms with van der Waals surface area (Å²) >= 11 is 0. The van der Waals surface area contributed by atoms with Gasteiger partial charge in [0.15, 0.2) is 21.4 Å². The maximum atomic E-state index is 13.9. The molecule has 7 nitrogen and oxygen atoms in total. The van der Waals surface area contributed by atoms with Crippen LogP contribution in [0.2, 0.25) is 0 Å². The molecule has 0 aliphatic carbocycles. The van der Waals surface area contributed by atoms with Gasteiger partial charge in [-0.05, 0) is 17.7 Å². The molecule has 0 saturated carbocycles. The van der Waals surface area contributed by atoms with E-state index in [0.717, 1.165) is 18.4 Å². The van der Waals surface area contributed by atoms with Gasteiger partial charge in [-0.1, -0.05) is 72.8 Å². The van der Waals surface area contributed by atoms with Crippen molar-refractivity contribution in [2.24, 2.45) is 5.10 Å². The lowest BCUT2D eigenvalue weighted by Gasteiger charge is -2.18. The van der Waals surface area contributed by atoms with E-state index in [2.05, 4.69) is 15.1 Å². The first-order chi connectivity index (χ1) is 19.6. The fourth-order valence-corrected chi connectivity index (χ4v) is 4.45. The number of alkyl halides is 6. The number of benzene rings is 3. The predicted molar refractivity (Wildman–Crippen MR) is 144 cm³/mol. The Labute approximate surface area is 235 Å². The van der Waals surface area contributed by atoms with Crippen LogP contribution >= 0.6 is 0 Å². The Kier molecular flexibility index (Phi) is 8.48. The number of nitrogens with one attached hydrogen (secondary N) is 1. The van der Waals surface area contributed by atoms with Crippen molar-refractivity contribution in [3.05, 3.63) is 96.3 Å². The van der Waals surface area contributed by atoms with Crippen LogP contribution in [0.15, 0.2) is 94.9 Å². The number of nitrogens with zero attached hydrogens (tertiary/aromatic N) is 3. The van der Waals surface area contributed by atoms with Crippen LogP contribution in [0, 0.1) is 0 Å². The highest BCUT2D eigenvalue weighted by atomic mass is 32.2. The second-order valence-electron chi connectivity index (χ2n) is 8.91. The van der Waals surface area contributed by atoms with E-state index in [1.165, 1.54) is 60.7 Å². The molecule has 42 heavy (non-hydrogen) atoms. The lowest BCUT2D eigenvalue weighted by atomic mass is 9.99. The molecule has 0 fully saturated rings. The van der Waals surface area contributed by atoms with E-state index in [1.54, 1.807) is 12.1 Å². The molecule has 0 atom stereocenters. The normalized spacial score (nSPS) is 12.7. The number of carbonyl (C=O) groups excluding carboxylic acids is 1. The van der Waals surface area contributed by atoms with E-state index in [9.17, 15) is 39.6 Å². The molecule has 0 amide bonds. The first-order valence-electron chi connectivity index (χ1n) is 12.0. The van der Waals surface area contributed by atoms with Gasteiger partial charge in [0, 0.05) is 17.4 Å². The molecule has 0 radical (unpaired) electrons. The molecule has 0 aliphatic heterocycles. The number of Topliss-reactive ketones (excluding diaryl/α,β-unsaturated/α-hetero) is 1. The predicted octanol–water partition coefficient (Wildman–Crippen LogP) is 6.84. The zero-order valence-electron chi connectivity index (χ0n) is 21.5. The molecule has 1 aromatic heterocycles. The van der Waals surface area contributed by atoms with Crippen molar-refractivity contribution >= 4 is 27.2 Å². The van der Waals surface area contributed by atoms with E-state index >= 15 is 0 Å². The minimum Gasteiger partial charge on any atom is -0.294 e. The van der Waals surface area contributed by atoms with E-state index in [1.807, 2.05) is 5.43 Å². The van der Waals surface area contributed by atoms with Crippen LogP contribution in [0.25, 0.3) is 22.4 Å². The highest BCUT2D eigenvalue weighted by Gasteiger charge is 2.39. The number of ketones is 1. The van der Waals surface area contributed by atoms with Gasteiger partial charge in [0.1, 0.15) is 5.71 Å². The van der Waals surface area contributed by atoms with Crippen LogP contribution in [0.5, 0.6) is 0 Å². The molecule has 0 saturated heterocycles. The summed E-state index contributed by atoms with van der Waals surface area (Å²) in [5, 5.41) is 3.31. The van der Waals surface area contributed by atoms with Crippen molar-refractivity contribution < 1.29 is 39.6 Å². The van der Waals surface area contributed by atoms with Gasteiger partial charge >= 0.3 is 12.4 Å². The summed E-state index contributed by atoms with van der Waals surface area (Å²) in [4.78, 5) is 19.5. The zero-order valence-corrected chi connectivity index (χ0v) is 22.3. The van der Waals surface area contributed by atoms with Crippen molar-refractivity contribution in [2.45, 2.75) is 23.7 Å². The average molecular weight is 607 g/mol. The standard InChI is InChI=1S/C28H20F6N4O3S/c1-42(40,41)20-14-12-19(13-15-20)24-23(18-10-6-3-7-11-18)25(36-26(35-24)28(32,33)34)38-37-22(27(29,30)31)16-21(39)17-8-4-2-5-9-17/h2-15H,16H2,1H3,(H,35,36,38)/b37-22-. The molecular weight excluding hydrogens is 586 g/mol. The zero-order chi connectivity index (χ0) is 30.7. The number of aromatic nitrogens is 2. The van der Waals surface area contributed by atoms with Crippen molar-refractivity contribution in [3.63, 3.8) is 0 Å². The summed E-state index contributed by atoms with van der Waals surface area (Å²) < 4.78 is 107. The molecule has 0 spiro atoms. The fraction of sp³-hybridized carbons (Fsp3) is 0.143. The Morgan fingerprint density at radius 3 is 1.90 bits per heavy atom. The van der Waals surface area contributed by atoms with Crippen LogP contribution in [0.1, 0.15) is 22.6 Å². The summed E-state index contributed by atoms with van der Waals surface area (Å²) in [6.45, 7) is 0. The first-order valence-corrected chi connectivity index (χ1v) is 13.9. The second kappa shape index (κ2) is 11.7. The van der Waals surface area contributed by atoms with E-state index < -0.39 is 51.7 Å². The van der Waals surface area contributed by atoms with Gasteiger partial charge in [-0.3, -0.25) is 10.2 Å². The number of halogens is 6. The van der Waals surface area contributed by atoms with Crippen molar-refractivity contribution in [1.29, 1.82) is 0 Å². The quantitative estimate of drug-likeness (QED) is 0.102. The number of hydrazone groups is 1. The van der Waals surface area contributed by atoms with Crippen molar-refractivity contribution in [3.8, 4) is 22.4 Å². The lowest BCUT2D eigenvalue weighted by Crippen LogP contribution is -2.27. The van der Waals surface area contributed by atoms with Gasteiger partial charge in [0.05, 0.1) is 22.6 Å². The Morgan fingerprint density at radius 1 is 0.810 bits per heavy atom. The van der Waals surface area contributed by atoms with Crippen molar-refractivity contribution in [2.75, 3.05) is 11.7 Å². The first kappa shape index (κ1) is 30.4. The Hall–Kier alpha value is -4.59. The third kappa shape index (κ3) is 7.18. The smallest absolute Gasteiger partial charge is 0.294 e. The van der Waals surface area contributed by atoms with Gasteiger partial charge in [-0.15, -0.1) is 0 Å². The van der Waals surface area contributed by atoms with Crippen LogP contribution < -0.4 is 5.43 Å². The van der Waals surface area contributed by atoms with Crippen LogP contribution in [-0.4, -0.2) is 42.3 Å². The number of carbonyl (C=O) groups is 1. The maximum Gasteiger partial charge on any atom is 0.451 e. The summed E-state index contributed by atoms with van der Waals surface area (Å²) in [7, 11) is -3.64.